The molecule has 1 aromatic rings. The summed E-state index contributed by atoms with van der Waals surface area (Å²) in [7, 11) is -3.83. The second-order valence-corrected chi connectivity index (χ2v) is 20.1. The van der Waals surface area contributed by atoms with Crippen LogP contribution in [0.4, 0.5) is 4.79 Å². The Kier molecular flexibility index (Phi) is 10.8. The number of ether oxygens (including phenoxy) is 2. The first-order valence-corrected chi connectivity index (χ1v) is 21.0. The zero-order valence-corrected chi connectivity index (χ0v) is 33.0. The van der Waals surface area contributed by atoms with Crippen LogP contribution in [0, 0.1) is 28.1 Å². The Morgan fingerprint density at radius 3 is 2.42 bits per heavy atom. The van der Waals surface area contributed by atoms with Crippen LogP contribution in [0.15, 0.2) is 18.2 Å². The molecule has 1 saturated heterocycles. The van der Waals surface area contributed by atoms with Gasteiger partial charge in [-0.25, -0.2) is 13.2 Å². The second kappa shape index (κ2) is 14.6. The molecule has 2 saturated carbocycles. The topological polar surface area (TPSA) is 156 Å². The number of aryl methyl sites for hydroxylation is 1. The number of amides is 3. The first-order chi connectivity index (χ1) is 24.8. The molecule has 0 spiro atoms. The molecule has 6 rings (SSSR count). The van der Waals surface area contributed by atoms with Crippen LogP contribution >= 0.6 is 0 Å². The third-order valence-corrected chi connectivity index (χ3v) is 14.1. The van der Waals surface area contributed by atoms with Gasteiger partial charge >= 0.3 is 12.1 Å². The molecule has 3 fully saturated rings. The Bertz CT molecular complexity index is 1750. The van der Waals surface area contributed by atoms with Gasteiger partial charge in [0, 0.05) is 25.9 Å². The maximum Gasteiger partial charge on any atom is 0.410 e. The Balaban J connectivity index is 1.28. The quantitative estimate of drug-likeness (QED) is 0.358. The Morgan fingerprint density at radius 1 is 1.04 bits per heavy atom. The number of nitrogens with zero attached hydrogens (tertiary/aromatic N) is 2. The van der Waals surface area contributed by atoms with E-state index in [1.54, 1.807) is 4.90 Å². The SMILES string of the molecule is CC[C@@H]1C[C@]1(CC(=O)[C@@H]1CC2CN1C(=O)[C@H](C(C)(C)C)CC(=O)OCC(C)(C)CCCCc1cccc3c1CN(C3)C(=O)O2)C(=O)NS(=O)(=O)C1CC1. The highest BCUT2D eigenvalue weighted by atomic mass is 32.2. The van der Waals surface area contributed by atoms with Crippen molar-refractivity contribution in [1.82, 2.24) is 14.5 Å². The number of Topliss-reactive ketones (excluding diaryl/α,β-unsaturated/α-hetero) is 1. The molecule has 3 amide bonds. The Labute approximate surface area is 314 Å². The van der Waals surface area contributed by atoms with Gasteiger partial charge < -0.3 is 14.4 Å². The number of sulfonamides is 1. The number of hydrogen-bond acceptors (Lipinski definition) is 9. The average Bonchev–Trinajstić information content (AvgIpc) is 3.97. The zero-order chi connectivity index (χ0) is 38.5. The normalized spacial score (nSPS) is 29.7. The molecule has 53 heavy (non-hydrogen) atoms. The van der Waals surface area contributed by atoms with Crippen molar-refractivity contribution < 1.29 is 41.9 Å². The largest absolute Gasteiger partial charge is 0.465 e. The van der Waals surface area contributed by atoms with Gasteiger partial charge in [-0.05, 0) is 72.0 Å². The van der Waals surface area contributed by atoms with Crippen LogP contribution in [0.3, 0.4) is 0 Å². The number of cyclic esters (lactones) is 1. The molecule has 1 aromatic carbocycles. The summed E-state index contributed by atoms with van der Waals surface area (Å²) in [5.41, 5.74) is 1.24. The minimum absolute atomic E-state index is 0.0344. The lowest BCUT2D eigenvalue weighted by Crippen LogP contribution is -2.48. The number of esters is 1. The van der Waals surface area contributed by atoms with Crippen LogP contribution in [0.2, 0.25) is 0 Å². The molecule has 0 aromatic heterocycles. The minimum atomic E-state index is -3.83. The van der Waals surface area contributed by atoms with Gasteiger partial charge in [-0.2, -0.15) is 0 Å². The molecule has 3 aliphatic heterocycles. The van der Waals surface area contributed by atoms with Crippen molar-refractivity contribution in [3.63, 3.8) is 0 Å². The molecule has 0 radical (unpaired) electrons. The van der Waals surface area contributed by atoms with Crippen molar-refractivity contribution in [2.75, 3.05) is 13.2 Å². The van der Waals surface area contributed by atoms with Crippen LogP contribution in [-0.4, -0.2) is 78.4 Å². The lowest BCUT2D eigenvalue weighted by atomic mass is 9.77. The summed E-state index contributed by atoms with van der Waals surface area (Å²) < 4.78 is 39.6. The average molecular weight is 756 g/mol. The van der Waals surface area contributed by atoms with Crippen LogP contribution in [-0.2, 0) is 58.2 Å². The standard InChI is InChI=1S/C40H57N3O9S/c1-7-27-19-40(27,36(47)41-53(49,50)29-14-15-29)20-33(44)32-17-28-22-43(32)35(46)31(38(2,3)4)18-34(45)51-24-39(5,6)16-9-8-11-25-12-10-13-26-21-42(23-30(25)26)37(48)52-28/h10,12-13,27-29,31-32H,7-9,11,14-24H2,1-6H3,(H,41,47)/t27-,28?,31-,32+,40-/m1/s1. The fourth-order valence-corrected chi connectivity index (χ4v) is 9.96. The van der Waals surface area contributed by atoms with Gasteiger partial charge in [-0.15, -0.1) is 0 Å². The van der Waals surface area contributed by atoms with Gasteiger partial charge in [0.2, 0.25) is 21.8 Å². The summed E-state index contributed by atoms with van der Waals surface area (Å²) in [6.07, 6.45) is 3.82. The number of carbonyl (C=O) groups excluding carboxylic acids is 5. The molecular weight excluding hydrogens is 699 g/mol. The summed E-state index contributed by atoms with van der Waals surface area (Å²) >= 11 is 0. The van der Waals surface area contributed by atoms with Crippen LogP contribution in [0.1, 0.15) is 122 Å². The van der Waals surface area contributed by atoms with Gasteiger partial charge in [0.15, 0.2) is 5.78 Å². The predicted molar refractivity (Wildman–Crippen MR) is 196 cm³/mol. The number of carbonyl (C=O) groups is 5. The molecule has 292 valence electrons. The fraction of sp³-hybridized carbons (Fsp3) is 0.725. The Hall–Kier alpha value is -3.48. The van der Waals surface area contributed by atoms with E-state index in [0.29, 0.717) is 38.8 Å². The summed E-state index contributed by atoms with van der Waals surface area (Å²) in [4.78, 5) is 72.7. The van der Waals surface area contributed by atoms with E-state index in [0.717, 1.165) is 36.8 Å². The zero-order valence-electron chi connectivity index (χ0n) is 32.2. The molecule has 1 unspecified atom stereocenters. The first kappa shape index (κ1) is 39.2. The third-order valence-electron chi connectivity index (χ3n) is 12.3. The lowest BCUT2D eigenvalue weighted by molar-refractivity contribution is -0.155. The van der Waals surface area contributed by atoms with Crippen molar-refractivity contribution >= 4 is 39.7 Å². The molecule has 5 aliphatic rings. The van der Waals surface area contributed by atoms with E-state index in [2.05, 4.69) is 24.6 Å². The monoisotopic (exact) mass is 755 g/mol. The number of fused-ring (bicyclic) bond motifs is 3. The van der Waals surface area contributed by atoms with Gasteiger partial charge in [-0.1, -0.05) is 72.6 Å². The van der Waals surface area contributed by atoms with E-state index in [9.17, 15) is 32.4 Å². The van der Waals surface area contributed by atoms with Crippen molar-refractivity contribution in [2.45, 2.75) is 143 Å². The van der Waals surface area contributed by atoms with Crippen molar-refractivity contribution in [1.29, 1.82) is 0 Å². The fourth-order valence-electron chi connectivity index (χ4n) is 8.57. The van der Waals surface area contributed by atoms with Crippen molar-refractivity contribution in [3.8, 4) is 0 Å². The number of rotatable bonds is 7. The third kappa shape index (κ3) is 8.60. The van der Waals surface area contributed by atoms with Crippen molar-refractivity contribution in [3.05, 3.63) is 34.9 Å². The van der Waals surface area contributed by atoms with Gasteiger partial charge in [0.1, 0.15) is 6.10 Å². The molecule has 3 heterocycles. The van der Waals surface area contributed by atoms with E-state index < -0.39 is 68.0 Å². The highest BCUT2D eigenvalue weighted by Crippen LogP contribution is 2.58. The number of hydrogen-bond donors (Lipinski definition) is 1. The van der Waals surface area contributed by atoms with E-state index in [4.69, 9.17) is 9.47 Å². The maximum absolute atomic E-state index is 14.6. The van der Waals surface area contributed by atoms with Crippen LogP contribution in [0.25, 0.3) is 0 Å². The number of ketones is 1. The van der Waals surface area contributed by atoms with E-state index >= 15 is 0 Å². The Morgan fingerprint density at radius 2 is 1.75 bits per heavy atom. The molecule has 12 nitrogen and oxygen atoms in total. The highest BCUT2D eigenvalue weighted by molar-refractivity contribution is 7.90. The number of benzene rings is 1. The first-order valence-electron chi connectivity index (χ1n) is 19.4. The van der Waals surface area contributed by atoms with Gasteiger partial charge in [-0.3, -0.25) is 28.8 Å². The van der Waals surface area contributed by atoms with E-state index in [1.165, 1.54) is 10.5 Å². The highest BCUT2D eigenvalue weighted by Gasteiger charge is 2.62. The molecule has 4 bridgehead atoms. The van der Waals surface area contributed by atoms with Crippen LogP contribution in [0.5, 0.6) is 0 Å². The smallest absolute Gasteiger partial charge is 0.410 e. The van der Waals surface area contributed by atoms with Gasteiger partial charge in [0.05, 0.1) is 42.2 Å². The molecule has 2 aliphatic carbocycles. The summed E-state index contributed by atoms with van der Waals surface area (Å²) in [6, 6.07) is 5.12. The lowest BCUT2D eigenvalue weighted by Gasteiger charge is -2.35. The van der Waals surface area contributed by atoms with E-state index in [1.807, 2.05) is 39.8 Å². The summed E-state index contributed by atoms with van der Waals surface area (Å²) in [5, 5.41) is -0.592. The van der Waals surface area contributed by atoms with Crippen molar-refractivity contribution in [2.24, 2.45) is 28.1 Å². The summed E-state index contributed by atoms with van der Waals surface area (Å²) in [6.45, 7) is 12.6. The molecular formula is C40H57N3O9S. The van der Waals surface area contributed by atoms with E-state index in [-0.39, 0.29) is 49.5 Å². The molecule has 5 atom stereocenters. The summed E-state index contributed by atoms with van der Waals surface area (Å²) in [5.74, 6) is -3.00. The number of nitrogens with one attached hydrogen (secondary N) is 1. The minimum Gasteiger partial charge on any atom is -0.465 e. The second-order valence-electron chi connectivity index (χ2n) is 18.1. The molecule has 1 N–H and O–H groups in total. The maximum atomic E-state index is 14.6. The molecule has 13 heteroatoms. The predicted octanol–water partition coefficient (Wildman–Crippen LogP) is 5.44. The van der Waals surface area contributed by atoms with Gasteiger partial charge in [0.25, 0.3) is 0 Å². The van der Waals surface area contributed by atoms with Crippen LogP contribution < -0.4 is 4.72 Å².